The van der Waals surface area contributed by atoms with Gasteiger partial charge in [0.15, 0.2) is 0 Å². The lowest BCUT2D eigenvalue weighted by molar-refractivity contribution is 0.0580. The standard InChI is InChI=1S/C20H25N3O2/c1-3-5-7-13(4-2)12-23-19(24)15-9-6-8-14-17(22-21)11-10-16(18(14)15)20(23)25/h6,8-11,13,22H,3-5,7,12,21H2,1-2H3. The van der Waals surface area contributed by atoms with E-state index in [9.17, 15) is 9.59 Å². The van der Waals surface area contributed by atoms with Crippen LogP contribution in [0.1, 0.15) is 60.2 Å². The molecule has 0 fully saturated rings. The first kappa shape index (κ1) is 17.4. The number of hydrazine groups is 1. The number of nitrogens with one attached hydrogen (secondary N) is 1. The van der Waals surface area contributed by atoms with E-state index in [0.717, 1.165) is 31.1 Å². The number of unbranched alkanes of at least 4 members (excludes halogenated alkanes) is 1. The Bertz CT molecular complexity index is 794. The average molecular weight is 339 g/mol. The molecule has 1 unspecified atom stereocenters. The molecule has 1 atom stereocenters. The van der Waals surface area contributed by atoms with E-state index >= 15 is 0 Å². The van der Waals surface area contributed by atoms with Crippen molar-refractivity contribution in [3.05, 3.63) is 41.5 Å². The highest BCUT2D eigenvalue weighted by molar-refractivity contribution is 6.26. The number of hydrogen-bond acceptors (Lipinski definition) is 4. The van der Waals surface area contributed by atoms with Gasteiger partial charge in [0.2, 0.25) is 0 Å². The van der Waals surface area contributed by atoms with Crippen LogP contribution in [0.5, 0.6) is 0 Å². The fourth-order valence-corrected chi connectivity index (χ4v) is 3.61. The van der Waals surface area contributed by atoms with Crippen LogP contribution >= 0.6 is 0 Å². The Balaban J connectivity index is 2.02. The van der Waals surface area contributed by atoms with E-state index in [4.69, 9.17) is 5.84 Å². The summed E-state index contributed by atoms with van der Waals surface area (Å²) in [4.78, 5) is 27.4. The summed E-state index contributed by atoms with van der Waals surface area (Å²) in [6, 6.07) is 9.06. The summed E-state index contributed by atoms with van der Waals surface area (Å²) < 4.78 is 0. The molecule has 2 amide bonds. The number of carbonyl (C=O) groups excluding carboxylic acids is 2. The molecular formula is C20H25N3O2. The van der Waals surface area contributed by atoms with Gasteiger partial charge in [-0.15, -0.1) is 0 Å². The predicted molar refractivity (Wildman–Crippen MR) is 100 cm³/mol. The average Bonchev–Trinajstić information content (AvgIpc) is 2.65. The zero-order chi connectivity index (χ0) is 18.0. The maximum atomic E-state index is 13.0. The first-order chi connectivity index (χ1) is 12.1. The molecule has 0 spiro atoms. The molecule has 0 saturated heterocycles. The lowest BCUT2D eigenvalue weighted by atomic mass is 9.91. The third-order valence-corrected chi connectivity index (χ3v) is 5.13. The van der Waals surface area contributed by atoms with Crippen molar-refractivity contribution in [3.8, 4) is 0 Å². The highest BCUT2D eigenvalue weighted by atomic mass is 16.2. The highest BCUT2D eigenvalue weighted by Gasteiger charge is 2.34. The number of amides is 2. The van der Waals surface area contributed by atoms with Crippen molar-refractivity contribution in [1.29, 1.82) is 0 Å². The number of nitrogen functional groups attached to an aromatic ring is 1. The summed E-state index contributed by atoms with van der Waals surface area (Å²) in [6.45, 7) is 4.76. The van der Waals surface area contributed by atoms with Gasteiger partial charge in [0.05, 0.1) is 5.69 Å². The molecule has 0 aromatic heterocycles. The zero-order valence-corrected chi connectivity index (χ0v) is 14.8. The zero-order valence-electron chi connectivity index (χ0n) is 14.8. The van der Waals surface area contributed by atoms with Gasteiger partial charge in [-0.1, -0.05) is 45.2 Å². The van der Waals surface area contributed by atoms with Gasteiger partial charge in [-0.2, -0.15) is 0 Å². The van der Waals surface area contributed by atoms with Crippen LogP contribution in [-0.4, -0.2) is 23.3 Å². The van der Waals surface area contributed by atoms with Crippen LogP contribution in [0.2, 0.25) is 0 Å². The van der Waals surface area contributed by atoms with Gasteiger partial charge in [0.25, 0.3) is 11.8 Å². The third kappa shape index (κ3) is 3.00. The molecule has 25 heavy (non-hydrogen) atoms. The van der Waals surface area contributed by atoms with E-state index in [-0.39, 0.29) is 11.8 Å². The van der Waals surface area contributed by atoms with Gasteiger partial charge < -0.3 is 5.43 Å². The number of nitrogens with two attached hydrogens (primary N) is 1. The minimum atomic E-state index is -0.202. The molecule has 1 heterocycles. The quantitative estimate of drug-likeness (QED) is 0.455. The largest absolute Gasteiger partial charge is 0.324 e. The monoisotopic (exact) mass is 339 g/mol. The van der Waals surface area contributed by atoms with Crippen LogP contribution in [0.4, 0.5) is 5.69 Å². The van der Waals surface area contributed by atoms with Crippen molar-refractivity contribution in [3.63, 3.8) is 0 Å². The van der Waals surface area contributed by atoms with Gasteiger partial charge in [0, 0.05) is 28.4 Å². The summed E-state index contributed by atoms with van der Waals surface area (Å²) in [7, 11) is 0. The number of nitrogens with zero attached hydrogens (tertiary/aromatic N) is 1. The van der Waals surface area contributed by atoms with Gasteiger partial charge in [0.1, 0.15) is 0 Å². The topological polar surface area (TPSA) is 75.4 Å². The molecule has 132 valence electrons. The van der Waals surface area contributed by atoms with E-state index in [1.165, 1.54) is 4.90 Å². The maximum Gasteiger partial charge on any atom is 0.261 e. The van der Waals surface area contributed by atoms with Crippen molar-refractivity contribution in [2.75, 3.05) is 12.0 Å². The second-order valence-corrected chi connectivity index (χ2v) is 6.67. The minimum Gasteiger partial charge on any atom is -0.324 e. The molecule has 3 rings (SSSR count). The Morgan fingerprint density at radius 2 is 1.80 bits per heavy atom. The molecule has 5 heteroatoms. The maximum absolute atomic E-state index is 13.0. The molecule has 1 aliphatic rings. The van der Waals surface area contributed by atoms with Crippen LogP contribution in [0.3, 0.4) is 0 Å². The summed E-state index contributed by atoms with van der Waals surface area (Å²) in [6.07, 6.45) is 4.24. The van der Waals surface area contributed by atoms with E-state index in [1.54, 1.807) is 18.2 Å². The molecule has 2 aromatic carbocycles. The second kappa shape index (κ2) is 7.23. The van der Waals surface area contributed by atoms with Crippen molar-refractivity contribution in [1.82, 2.24) is 4.90 Å². The fourth-order valence-electron chi connectivity index (χ4n) is 3.61. The van der Waals surface area contributed by atoms with Gasteiger partial charge in [-0.25, -0.2) is 0 Å². The molecule has 3 N–H and O–H groups in total. The van der Waals surface area contributed by atoms with Crippen LogP contribution < -0.4 is 11.3 Å². The Kier molecular flexibility index (Phi) is 5.04. The first-order valence-corrected chi connectivity index (χ1v) is 9.00. The number of benzene rings is 2. The Morgan fingerprint density at radius 3 is 2.44 bits per heavy atom. The van der Waals surface area contributed by atoms with Crippen molar-refractivity contribution >= 4 is 28.3 Å². The number of imide groups is 1. The molecule has 2 aromatic rings. The third-order valence-electron chi connectivity index (χ3n) is 5.13. The van der Waals surface area contributed by atoms with Gasteiger partial charge in [-0.05, 0) is 30.5 Å². The number of hydrogen-bond donors (Lipinski definition) is 2. The molecular weight excluding hydrogens is 314 g/mol. The number of rotatable bonds is 7. The van der Waals surface area contributed by atoms with Gasteiger partial charge >= 0.3 is 0 Å². The molecule has 0 radical (unpaired) electrons. The Morgan fingerprint density at radius 1 is 1.08 bits per heavy atom. The lowest BCUT2D eigenvalue weighted by Gasteiger charge is -2.30. The van der Waals surface area contributed by atoms with Crippen molar-refractivity contribution in [2.24, 2.45) is 11.8 Å². The van der Waals surface area contributed by atoms with Crippen LogP contribution in [0.25, 0.3) is 10.8 Å². The van der Waals surface area contributed by atoms with E-state index in [1.807, 2.05) is 12.1 Å². The fraction of sp³-hybridized carbons (Fsp3) is 0.400. The highest BCUT2D eigenvalue weighted by Crippen LogP contribution is 2.34. The first-order valence-electron chi connectivity index (χ1n) is 9.00. The molecule has 0 saturated carbocycles. The van der Waals surface area contributed by atoms with E-state index in [2.05, 4.69) is 19.3 Å². The molecule has 0 bridgehead atoms. The van der Waals surface area contributed by atoms with Gasteiger partial charge in [-0.3, -0.25) is 20.3 Å². The minimum absolute atomic E-state index is 0.202. The number of carbonyl (C=O) groups is 2. The molecule has 5 nitrogen and oxygen atoms in total. The van der Waals surface area contributed by atoms with Crippen LogP contribution in [0.15, 0.2) is 30.3 Å². The van der Waals surface area contributed by atoms with Crippen molar-refractivity contribution < 1.29 is 9.59 Å². The predicted octanol–water partition coefficient (Wildman–Crippen LogP) is 3.94. The smallest absolute Gasteiger partial charge is 0.261 e. The van der Waals surface area contributed by atoms with E-state index < -0.39 is 0 Å². The summed E-state index contributed by atoms with van der Waals surface area (Å²) >= 11 is 0. The Hall–Kier alpha value is -2.40. The van der Waals surface area contributed by atoms with Crippen LogP contribution in [0, 0.1) is 5.92 Å². The number of anilines is 1. The lowest BCUT2D eigenvalue weighted by Crippen LogP contribution is -2.43. The van der Waals surface area contributed by atoms with E-state index in [0.29, 0.717) is 34.7 Å². The summed E-state index contributed by atoms with van der Waals surface area (Å²) in [5.41, 5.74) is 4.51. The Labute approximate surface area is 148 Å². The summed E-state index contributed by atoms with van der Waals surface area (Å²) in [5, 5.41) is 1.50. The normalized spacial score (nSPS) is 14.9. The van der Waals surface area contributed by atoms with Crippen LogP contribution in [-0.2, 0) is 0 Å². The SMILES string of the molecule is CCCCC(CC)CN1C(=O)c2cccc3c(NN)ccc(c23)C1=O. The molecule has 0 aliphatic carbocycles. The molecule has 1 aliphatic heterocycles. The summed E-state index contributed by atoms with van der Waals surface area (Å²) in [5.74, 6) is 5.51. The second-order valence-electron chi connectivity index (χ2n) is 6.67. The van der Waals surface area contributed by atoms with Crippen molar-refractivity contribution in [2.45, 2.75) is 39.5 Å².